The van der Waals surface area contributed by atoms with Crippen LogP contribution in [0.5, 0.6) is 0 Å². The Labute approximate surface area is 147 Å². The van der Waals surface area contributed by atoms with Crippen molar-refractivity contribution in [3.8, 4) is 0 Å². The van der Waals surface area contributed by atoms with E-state index in [0.717, 1.165) is 6.54 Å². The molecule has 0 bridgehead atoms. The van der Waals surface area contributed by atoms with Crippen molar-refractivity contribution in [3.05, 3.63) is 33.9 Å². The number of thiophene rings is 1. The molecule has 1 atom stereocenters. The van der Waals surface area contributed by atoms with Gasteiger partial charge in [0.25, 0.3) is 5.91 Å². The van der Waals surface area contributed by atoms with E-state index in [1.807, 2.05) is 0 Å². The summed E-state index contributed by atoms with van der Waals surface area (Å²) in [6, 6.07) is 4.36. The van der Waals surface area contributed by atoms with Crippen molar-refractivity contribution >= 4 is 44.8 Å². The van der Waals surface area contributed by atoms with Crippen molar-refractivity contribution in [1.29, 1.82) is 0 Å². The van der Waals surface area contributed by atoms with Crippen LogP contribution < -0.4 is 5.32 Å². The van der Waals surface area contributed by atoms with Gasteiger partial charge in [0.1, 0.15) is 16.7 Å². The van der Waals surface area contributed by atoms with E-state index in [1.165, 1.54) is 17.4 Å². The predicted molar refractivity (Wildman–Crippen MR) is 91.1 cm³/mol. The summed E-state index contributed by atoms with van der Waals surface area (Å²) < 4.78 is 14.6. The van der Waals surface area contributed by atoms with Gasteiger partial charge in [0, 0.05) is 42.8 Å². The van der Waals surface area contributed by atoms with Gasteiger partial charge in [-0.3, -0.25) is 14.5 Å². The topological polar surface area (TPSA) is 52.7 Å². The van der Waals surface area contributed by atoms with Crippen LogP contribution in [0.1, 0.15) is 9.67 Å². The van der Waals surface area contributed by atoms with E-state index < -0.39 is 5.82 Å². The Morgan fingerprint density at radius 1 is 1.33 bits per heavy atom. The van der Waals surface area contributed by atoms with Gasteiger partial charge < -0.3 is 10.2 Å². The fraction of sp³-hybridized carbons (Fsp3) is 0.375. The molecule has 24 heavy (non-hydrogen) atoms. The van der Waals surface area contributed by atoms with E-state index in [2.05, 4.69) is 10.2 Å². The fourth-order valence-electron chi connectivity index (χ4n) is 3.31. The number of hydrogen-bond acceptors (Lipinski definition) is 4. The molecule has 2 fully saturated rings. The Hall–Kier alpha value is -1.70. The molecule has 2 aliphatic rings. The van der Waals surface area contributed by atoms with Crippen LogP contribution in [0.3, 0.4) is 0 Å². The van der Waals surface area contributed by atoms with Gasteiger partial charge >= 0.3 is 0 Å². The van der Waals surface area contributed by atoms with Crippen LogP contribution >= 0.6 is 22.9 Å². The number of nitrogens with one attached hydrogen (secondary N) is 1. The zero-order valence-electron chi connectivity index (χ0n) is 12.7. The summed E-state index contributed by atoms with van der Waals surface area (Å²) in [4.78, 5) is 28.9. The third-order valence-corrected chi connectivity index (χ3v) is 6.21. The second-order valence-electron chi connectivity index (χ2n) is 5.95. The Morgan fingerprint density at radius 2 is 2.17 bits per heavy atom. The van der Waals surface area contributed by atoms with E-state index >= 15 is 0 Å². The molecule has 5 nitrogen and oxygen atoms in total. The van der Waals surface area contributed by atoms with Crippen LogP contribution in [0.2, 0.25) is 5.02 Å². The largest absolute Gasteiger partial charge is 0.353 e. The lowest BCUT2D eigenvalue weighted by Gasteiger charge is -2.42. The molecule has 4 rings (SSSR count). The van der Waals surface area contributed by atoms with Gasteiger partial charge in [-0.05, 0) is 12.1 Å². The van der Waals surface area contributed by atoms with Gasteiger partial charge in [-0.25, -0.2) is 4.39 Å². The van der Waals surface area contributed by atoms with Crippen LogP contribution in [0.4, 0.5) is 4.39 Å². The molecule has 1 N–H and O–H groups in total. The number of amides is 2. The summed E-state index contributed by atoms with van der Waals surface area (Å²) in [5.41, 5.74) is 0. The van der Waals surface area contributed by atoms with E-state index in [-0.39, 0.29) is 22.9 Å². The quantitative estimate of drug-likeness (QED) is 0.838. The van der Waals surface area contributed by atoms with Gasteiger partial charge in [0.15, 0.2) is 0 Å². The molecule has 3 heterocycles. The lowest BCUT2D eigenvalue weighted by Crippen LogP contribution is -2.64. The van der Waals surface area contributed by atoms with Crippen LogP contribution in [-0.2, 0) is 4.79 Å². The minimum Gasteiger partial charge on any atom is -0.353 e. The van der Waals surface area contributed by atoms with Crippen LogP contribution in [0.25, 0.3) is 10.1 Å². The number of hydrogen-bond donors (Lipinski definition) is 1. The molecule has 2 amide bonds. The molecule has 0 unspecified atom stereocenters. The van der Waals surface area contributed by atoms with Crippen molar-refractivity contribution in [2.45, 2.75) is 6.04 Å². The number of carbonyl (C=O) groups is 2. The van der Waals surface area contributed by atoms with Crippen LogP contribution in [-0.4, -0.2) is 60.4 Å². The van der Waals surface area contributed by atoms with Crippen LogP contribution in [0, 0.1) is 5.82 Å². The average molecular weight is 368 g/mol. The summed E-state index contributed by atoms with van der Waals surface area (Å²) in [5.74, 6) is -0.713. The highest BCUT2D eigenvalue weighted by Crippen LogP contribution is 2.37. The maximum Gasteiger partial charge on any atom is 0.265 e. The Morgan fingerprint density at radius 3 is 2.96 bits per heavy atom. The first kappa shape index (κ1) is 15.8. The van der Waals surface area contributed by atoms with Crippen molar-refractivity contribution in [2.24, 2.45) is 0 Å². The normalized spacial score (nSPS) is 21.7. The minimum absolute atomic E-state index is 0.0489. The van der Waals surface area contributed by atoms with Gasteiger partial charge in [-0.15, -0.1) is 11.3 Å². The van der Waals surface area contributed by atoms with Crippen molar-refractivity contribution in [1.82, 2.24) is 15.1 Å². The van der Waals surface area contributed by atoms with Gasteiger partial charge in [-0.2, -0.15) is 0 Å². The third-order valence-electron chi connectivity index (χ3n) is 4.58. The molecule has 126 valence electrons. The number of nitrogens with zero attached hydrogens (tertiary/aromatic N) is 2. The zero-order chi connectivity index (χ0) is 16.8. The SMILES string of the molecule is O=C1NCCN2CCN(C(=O)c3sc4cccc(F)c4c3Cl)C[C@H]12. The molecular weight excluding hydrogens is 353 g/mol. The lowest BCUT2D eigenvalue weighted by atomic mass is 10.1. The zero-order valence-corrected chi connectivity index (χ0v) is 14.3. The lowest BCUT2D eigenvalue weighted by molar-refractivity contribution is -0.131. The highest BCUT2D eigenvalue weighted by Gasteiger charge is 2.37. The molecule has 2 saturated heterocycles. The summed E-state index contributed by atoms with van der Waals surface area (Å²) >= 11 is 7.47. The predicted octanol–water partition coefficient (Wildman–Crippen LogP) is 1.95. The first-order valence-electron chi connectivity index (χ1n) is 7.74. The highest BCUT2D eigenvalue weighted by molar-refractivity contribution is 7.21. The average Bonchev–Trinajstić information content (AvgIpc) is 2.92. The Balaban J connectivity index is 1.63. The van der Waals surface area contributed by atoms with Crippen molar-refractivity contribution in [2.75, 3.05) is 32.7 Å². The fourth-order valence-corrected chi connectivity index (χ4v) is 4.83. The molecular formula is C16H15ClFN3O2S. The number of fused-ring (bicyclic) bond motifs is 2. The number of halogens is 2. The summed E-state index contributed by atoms with van der Waals surface area (Å²) in [6.45, 7) is 2.96. The standard InChI is InChI=1S/C16H15ClFN3O2S/c17-13-12-9(18)2-1-3-11(12)24-14(13)16(23)21-7-6-20-5-4-19-15(22)10(20)8-21/h1-3,10H,4-8H2,(H,19,22)/t10-/m1/s1. The molecule has 0 spiro atoms. The second kappa shape index (κ2) is 5.98. The van der Waals surface area contributed by atoms with E-state index in [9.17, 15) is 14.0 Å². The number of piperazine rings is 2. The first-order valence-corrected chi connectivity index (χ1v) is 8.93. The smallest absolute Gasteiger partial charge is 0.265 e. The molecule has 0 radical (unpaired) electrons. The van der Waals surface area contributed by atoms with E-state index in [0.29, 0.717) is 41.1 Å². The van der Waals surface area contributed by atoms with Crippen LogP contribution in [0.15, 0.2) is 18.2 Å². The molecule has 0 aliphatic carbocycles. The second-order valence-corrected chi connectivity index (χ2v) is 7.38. The first-order chi connectivity index (χ1) is 11.6. The maximum atomic E-state index is 14.0. The molecule has 1 aromatic carbocycles. The van der Waals surface area contributed by atoms with Gasteiger partial charge in [-0.1, -0.05) is 17.7 Å². The van der Waals surface area contributed by atoms with E-state index in [1.54, 1.807) is 17.0 Å². The monoisotopic (exact) mass is 367 g/mol. The maximum absolute atomic E-state index is 14.0. The summed E-state index contributed by atoms with van der Waals surface area (Å²) in [5, 5.41) is 3.28. The van der Waals surface area contributed by atoms with Crippen molar-refractivity contribution in [3.63, 3.8) is 0 Å². The highest BCUT2D eigenvalue weighted by atomic mass is 35.5. The number of benzene rings is 1. The minimum atomic E-state index is -0.427. The van der Waals surface area contributed by atoms with Gasteiger partial charge in [0.2, 0.25) is 5.91 Å². The molecule has 1 aromatic heterocycles. The number of rotatable bonds is 1. The summed E-state index contributed by atoms with van der Waals surface area (Å²) in [7, 11) is 0. The van der Waals surface area contributed by atoms with Gasteiger partial charge in [0.05, 0.1) is 5.02 Å². The molecule has 2 aliphatic heterocycles. The summed E-state index contributed by atoms with van der Waals surface area (Å²) in [6.07, 6.45) is 0. The molecule has 0 saturated carbocycles. The Bertz CT molecular complexity index is 840. The molecule has 8 heteroatoms. The van der Waals surface area contributed by atoms with Crippen molar-refractivity contribution < 1.29 is 14.0 Å². The Kier molecular flexibility index (Phi) is 3.94. The molecule has 2 aromatic rings. The van der Waals surface area contributed by atoms with E-state index in [4.69, 9.17) is 11.6 Å². The number of carbonyl (C=O) groups excluding carboxylic acids is 2. The third kappa shape index (κ3) is 2.47.